The number of aromatic nitrogens is 1. The zero-order valence-corrected chi connectivity index (χ0v) is 16.7. The highest BCUT2D eigenvalue weighted by molar-refractivity contribution is 7.13. The molecule has 0 radical (unpaired) electrons. The van der Waals surface area contributed by atoms with Gasteiger partial charge in [-0.3, -0.25) is 9.59 Å². The molecule has 0 aliphatic carbocycles. The summed E-state index contributed by atoms with van der Waals surface area (Å²) < 4.78 is 5.24. The Balaban J connectivity index is 1.59. The van der Waals surface area contributed by atoms with Crippen LogP contribution in [0.3, 0.4) is 0 Å². The first kappa shape index (κ1) is 19.6. The molecule has 0 saturated heterocycles. The number of anilines is 1. The Kier molecular flexibility index (Phi) is 6.06. The van der Waals surface area contributed by atoms with Crippen LogP contribution in [0, 0.1) is 13.8 Å². The van der Waals surface area contributed by atoms with Gasteiger partial charge in [-0.05, 0) is 31.5 Å². The molecule has 2 amide bonds. The van der Waals surface area contributed by atoms with E-state index in [4.69, 9.17) is 4.74 Å². The summed E-state index contributed by atoms with van der Waals surface area (Å²) in [5.74, 6) is -0.167. The minimum atomic E-state index is -0.388. The molecule has 1 aromatic heterocycles. The molecule has 0 aliphatic rings. The number of rotatable bonds is 6. The zero-order valence-electron chi connectivity index (χ0n) is 15.9. The molecule has 7 heteroatoms. The van der Waals surface area contributed by atoms with Gasteiger partial charge < -0.3 is 15.4 Å². The van der Waals surface area contributed by atoms with Crippen molar-refractivity contribution in [3.05, 3.63) is 64.7 Å². The molecule has 0 atom stereocenters. The van der Waals surface area contributed by atoms with E-state index in [-0.39, 0.29) is 18.4 Å². The number of methoxy groups -OCH3 is 1. The predicted molar refractivity (Wildman–Crippen MR) is 111 cm³/mol. The molecule has 28 heavy (non-hydrogen) atoms. The number of hydrogen-bond acceptors (Lipinski definition) is 5. The number of hydrogen-bond donors (Lipinski definition) is 2. The van der Waals surface area contributed by atoms with Gasteiger partial charge in [0.25, 0.3) is 5.91 Å². The van der Waals surface area contributed by atoms with Gasteiger partial charge in [-0.2, -0.15) is 0 Å². The molecular weight excluding hydrogens is 374 g/mol. The fraction of sp³-hybridized carbons (Fsp3) is 0.190. The van der Waals surface area contributed by atoms with Gasteiger partial charge in [-0.15, -0.1) is 11.3 Å². The number of carbonyl (C=O) groups is 2. The molecule has 6 nitrogen and oxygen atoms in total. The summed E-state index contributed by atoms with van der Waals surface area (Å²) >= 11 is 1.39. The first-order valence-corrected chi connectivity index (χ1v) is 9.59. The SMILES string of the molecule is COc1ccc(C)cc1NC(=O)CNC(=O)c1csc(-c2ccc(C)cc2)n1. The lowest BCUT2D eigenvalue weighted by molar-refractivity contribution is -0.115. The van der Waals surface area contributed by atoms with Crippen molar-refractivity contribution >= 4 is 28.8 Å². The molecule has 3 aromatic rings. The molecule has 2 aromatic carbocycles. The third kappa shape index (κ3) is 4.75. The Morgan fingerprint density at radius 3 is 2.50 bits per heavy atom. The molecule has 0 unspecified atom stereocenters. The van der Waals surface area contributed by atoms with E-state index >= 15 is 0 Å². The van der Waals surface area contributed by atoms with Crippen molar-refractivity contribution in [2.75, 3.05) is 19.0 Å². The molecule has 0 aliphatic heterocycles. The van der Waals surface area contributed by atoms with Crippen molar-refractivity contribution in [1.29, 1.82) is 0 Å². The summed E-state index contributed by atoms with van der Waals surface area (Å²) in [5.41, 5.74) is 3.97. The van der Waals surface area contributed by atoms with Gasteiger partial charge in [0.05, 0.1) is 19.3 Å². The van der Waals surface area contributed by atoms with Crippen LogP contribution in [0.5, 0.6) is 5.75 Å². The van der Waals surface area contributed by atoms with E-state index in [0.717, 1.165) is 21.7 Å². The van der Waals surface area contributed by atoms with Gasteiger partial charge in [0, 0.05) is 10.9 Å². The van der Waals surface area contributed by atoms with Crippen LogP contribution in [0.1, 0.15) is 21.6 Å². The molecule has 1 heterocycles. The molecule has 0 fully saturated rings. The number of ether oxygens (including phenoxy) is 1. The number of benzene rings is 2. The van der Waals surface area contributed by atoms with Crippen LogP contribution < -0.4 is 15.4 Å². The van der Waals surface area contributed by atoms with Crippen molar-refractivity contribution in [1.82, 2.24) is 10.3 Å². The molecule has 144 valence electrons. The van der Waals surface area contributed by atoms with Crippen LogP contribution >= 0.6 is 11.3 Å². The third-order valence-corrected chi connectivity index (χ3v) is 4.97. The lowest BCUT2D eigenvalue weighted by Crippen LogP contribution is -2.33. The van der Waals surface area contributed by atoms with Crippen molar-refractivity contribution in [3.63, 3.8) is 0 Å². The molecule has 0 bridgehead atoms. The van der Waals surface area contributed by atoms with Crippen molar-refractivity contribution in [2.45, 2.75) is 13.8 Å². The molecule has 2 N–H and O–H groups in total. The Morgan fingerprint density at radius 2 is 1.79 bits per heavy atom. The van der Waals surface area contributed by atoms with Crippen molar-refractivity contribution < 1.29 is 14.3 Å². The first-order valence-electron chi connectivity index (χ1n) is 8.71. The zero-order chi connectivity index (χ0) is 20.1. The molecule has 0 saturated carbocycles. The maximum atomic E-state index is 12.3. The van der Waals surface area contributed by atoms with E-state index in [9.17, 15) is 9.59 Å². The maximum Gasteiger partial charge on any atom is 0.271 e. The van der Waals surface area contributed by atoms with Crippen molar-refractivity contribution in [3.8, 4) is 16.3 Å². The van der Waals surface area contributed by atoms with Gasteiger partial charge in [0.2, 0.25) is 5.91 Å². The van der Waals surface area contributed by atoms with E-state index in [1.165, 1.54) is 18.4 Å². The van der Waals surface area contributed by atoms with E-state index in [2.05, 4.69) is 15.6 Å². The number of carbonyl (C=O) groups excluding carboxylic acids is 2. The van der Waals surface area contributed by atoms with Gasteiger partial charge in [0.1, 0.15) is 16.5 Å². The van der Waals surface area contributed by atoms with Gasteiger partial charge in [-0.25, -0.2) is 4.98 Å². The number of aryl methyl sites for hydroxylation is 2. The number of amides is 2. The monoisotopic (exact) mass is 395 g/mol. The van der Waals surface area contributed by atoms with E-state index in [0.29, 0.717) is 17.1 Å². The van der Waals surface area contributed by atoms with Gasteiger partial charge in [-0.1, -0.05) is 35.9 Å². The average Bonchev–Trinajstić information content (AvgIpc) is 3.17. The summed E-state index contributed by atoms with van der Waals surface area (Å²) in [6.07, 6.45) is 0. The lowest BCUT2D eigenvalue weighted by atomic mass is 10.2. The summed E-state index contributed by atoms with van der Waals surface area (Å²) in [6, 6.07) is 13.4. The summed E-state index contributed by atoms with van der Waals surface area (Å²) in [7, 11) is 1.54. The van der Waals surface area contributed by atoms with Crippen LogP contribution in [0.15, 0.2) is 47.8 Å². The standard InChI is InChI=1S/C21H21N3O3S/c1-13-4-7-15(8-5-13)21-24-17(12-28-21)20(26)22-11-19(25)23-16-10-14(2)6-9-18(16)27-3/h4-10,12H,11H2,1-3H3,(H,22,26)(H,23,25). The summed E-state index contributed by atoms with van der Waals surface area (Å²) in [4.78, 5) is 28.9. The average molecular weight is 395 g/mol. The molecule has 0 spiro atoms. The van der Waals surface area contributed by atoms with E-state index in [1.807, 2.05) is 50.2 Å². The number of nitrogens with one attached hydrogen (secondary N) is 2. The smallest absolute Gasteiger partial charge is 0.271 e. The van der Waals surface area contributed by atoms with Crippen LogP contribution in [0.4, 0.5) is 5.69 Å². The largest absolute Gasteiger partial charge is 0.495 e. The Bertz CT molecular complexity index is 996. The quantitative estimate of drug-likeness (QED) is 0.665. The third-order valence-electron chi connectivity index (χ3n) is 4.07. The van der Waals surface area contributed by atoms with Gasteiger partial charge in [0.15, 0.2) is 0 Å². The highest BCUT2D eigenvalue weighted by atomic mass is 32.1. The minimum Gasteiger partial charge on any atom is -0.495 e. The van der Waals surface area contributed by atoms with E-state index in [1.54, 1.807) is 11.4 Å². The minimum absolute atomic E-state index is 0.159. The lowest BCUT2D eigenvalue weighted by Gasteiger charge is -2.11. The highest BCUT2D eigenvalue weighted by Gasteiger charge is 2.14. The van der Waals surface area contributed by atoms with Crippen LogP contribution in [0.2, 0.25) is 0 Å². The Morgan fingerprint density at radius 1 is 1.07 bits per heavy atom. The first-order chi connectivity index (χ1) is 13.5. The summed E-state index contributed by atoms with van der Waals surface area (Å²) in [5, 5.41) is 7.80. The van der Waals surface area contributed by atoms with Crippen LogP contribution in [-0.2, 0) is 4.79 Å². The van der Waals surface area contributed by atoms with Crippen molar-refractivity contribution in [2.24, 2.45) is 0 Å². The Labute approximate surface area is 167 Å². The van der Waals surface area contributed by atoms with Crippen LogP contribution in [0.25, 0.3) is 10.6 Å². The second-order valence-corrected chi connectivity index (χ2v) is 7.20. The fourth-order valence-corrected chi connectivity index (χ4v) is 3.38. The number of thiazole rings is 1. The second-order valence-electron chi connectivity index (χ2n) is 6.34. The molecular formula is C21H21N3O3S. The van der Waals surface area contributed by atoms with E-state index < -0.39 is 0 Å². The topological polar surface area (TPSA) is 80.3 Å². The predicted octanol–water partition coefficient (Wildman–Crippen LogP) is 3.80. The maximum absolute atomic E-state index is 12.3. The number of nitrogens with zero attached hydrogens (tertiary/aromatic N) is 1. The second kappa shape index (κ2) is 8.67. The Hall–Kier alpha value is -3.19. The van der Waals surface area contributed by atoms with Gasteiger partial charge >= 0.3 is 0 Å². The van der Waals surface area contributed by atoms with Crippen LogP contribution in [-0.4, -0.2) is 30.5 Å². The normalized spacial score (nSPS) is 10.4. The molecule has 3 rings (SSSR count). The fourth-order valence-electron chi connectivity index (χ4n) is 2.57. The summed E-state index contributed by atoms with van der Waals surface area (Å²) in [6.45, 7) is 3.78. The highest BCUT2D eigenvalue weighted by Crippen LogP contribution is 2.25.